The van der Waals surface area contributed by atoms with Gasteiger partial charge in [-0.3, -0.25) is 9.48 Å². The van der Waals surface area contributed by atoms with Crippen LogP contribution in [0.5, 0.6) is 0 Å². The minimum absolute atomic E-state index is 0.0504. The Hall–Kier alpha value is -1.16. The van der Waals surface area contributed by atoms with Crippen LogP contribution in [-0.4, -0.2) is 21.1 Å². The summed E-state index contributed by atoms with van der Waals surface area (Å²) < 4.78 is 1.91. The molecule has 0 aliphatic heterocycles. The van der Waals surface area contributed by atoms with Crippen molar-refractivity contribution in [3.05, 3.63) is 18.0 Å². The summed E-state index contributed by atoms with van der Waals surface area (Å²) in [5.74, 6) is 0.0504. The first-order valence-corrected chi connectivity index (χ1v) is 6.27. The summed E-state index contributed by atoms with van der Waals surface area (Å²) in [6.45, 7) is 7.93. The predicted octanol–water partition coefficient (Wildman–Crippen LogP) is 2.09. The standard InChI is InChI=1S/C13H23N3O/c1-5-10(3)16-8-7-11(15-16)9-12(17)13(4,14)6-2/h7-8,10H,5-6,9,14H2,1-4H3. The van der Waals surface area contributed by atoms with Crippen LogP contribution >= 0.6 is 0 Å². The lowest BCUT2D eigenvalue weighted by Crippen LogP contribution is -2.45. The Balaban J connectivity index is 2.70. The minimum Gasteiger partial charge on any atom is -0.319 e. The molecule has 0 aliphatic carbocycles. The average molecular weight is 237 g/mol. The number of hydrogen-bond donors (Lipinski definition) is 1. The van der Waals surface area contributed by atoms with Gasteiger partial charge in [-0.05, 0) is 32.8 Å². The fourth-order valence-electron chi connectivity index (χ4n) is 1.47. The summed E-state index contributed by atoms with van der Waals surface area (Å²) in [5, 5.41) is 4.41. The van der Waals surface area contributed by atoms with E-state index in [1.807, 2.05) is 23.9 Å². The number of rotatable bonds is 6. The highest BCUT2D eigenvalue weighted by atomic mass is 16.1. The fraction of sp³-hybridized carbons (Fsp3) is 0.692. The van der Waals surface area contributed by atoms with E-state index in [0.29, 0.717) is 18.9 Å². The van der Waals surface area contributed by atoms with Gasteiger partial charge < -0.3 is 5.73 Å². The number of nitrogens with two attached hydrogens (primary N) is 1. The van der Waals surface area contributed by atoms with Gasteiger partial charge in [-0.25, -0.2) is 0 Å². The maximum absolute atomic E-state index is 11.9. The maximum atomic E-state index is 11.9. The molecule has 1 rings (SSSR count). The third-order valence-electron chi connectivity index (χ3n) is 3.42. The Labute approximate surface area is 103 Å². The topological polar surface area (TPSA) is 60.9 Å². The van der Waals surface area contributed by atoms with Crippen LogP contribution in [0.4, 0.5) is 0 Å². The smallest absolute Gasteiger partial charge is 0.158 e. The van der Waals surface area contributed by atoms with Crippen LogP contribution in [0.15, 0.2) is 12.3 Å². The monoisotopic (exact) mass is 237 g/mol. The lowest BCUT2D eigenvalue weighted by atomic mass is 9.92. The van der Waals surface area contributed by atoms with Crippen molar-refractivity contribution < 1.29 is 4.79 Å². The Kier molecular flexibility index (Phi) is 4.46. The number of carbonyl (C=O) groups is 1. The number of Topliss-reactive ketones (excluding diaryl/α,β-unsaturated/α-hetero) is 1. The number of carbonyl (C=O) groups excluding carboxylic acids is 1. The van der Waals surface area contributed by atoms with Crippen molar-refractivity contribution in [1.29, 1.82) is 0 Å². The van der Waals surface area contributed by atoms with Crippen molar-refractivity contribution >= 4 is 5.78 Å². The zero-order valence-corrected chi connectivity index (χ0v) is 11.2. The molecule has 4 heteroatoms. The van der Waals surface area contributed by atoms with Crippen molar-refractivity contribution in [2.75, 3.05) is 0 Å². The largest absolute Gasteiger partial charge is 0.319 e. The molecule has 0 fully saturated rings. The van der Waals surface area contributed by atoms with Gasteiger partial charge in [0.05, 0.1) is 17.7 Å². The van der Waals surface area contributed by atoms with Gasteiger partial charge in [0.2, 0.25) is 0 Å². The van der Waals surface area contributed by atoms with Gasteiger partial charge in [-0.1, -0.05) is 13.8 Å². The number of aromatic nitrogens is 2. The van der Waals surface area contributed by atoms with Gasteiger partial charge in [0.1, 0.15) is 0 Å². The molecule has 2 unspecified atom stereocenters. The fourth-order valence-corrected chi connectivity index (χ4v) is 1.47. The summed E-state index contributed by atoms with van der Waals surface area (Å²) in [6.07, 6.45) is 3.93. The summed E-state index contributed by atoms with van der Waals surface area (Å²) in [7, 11) is 0. The van der Waals surface area contributed by atoms with E-state index in [1.165, 1.54) is 0 Å². The summed E-state index contributed by atoms with van der Waals surface area (Å²) in [5.41, 5.74) is 5.99. The molecule has 0 aromatic carbocycles. The van der Waals surface area contributed by atoms with Crippen LogP contribution in [0, 0.1) is 0 Å². The molecule has 96 valence electrons. The molecule has 0 radical (unpaired) electrons. The highest BCUT2D eigenvalue weighted by molar-refractivity contribution is 5.89. The van der Waals surface area contributed by atoms with Crippen molar-refractivity contribution in [2.45, 2.75) is 58.5 Å². The van der Waals surface area contributed by atoms with Crippen LogP contribution < -0.4 is 5.73 Å². The molecule has 17 heavy (non-hydrogen) atoms. The Morgan fingerprint density at radius 2 is 2.24 bits per heavy atom. The van der Waals surface area contributed by atoms with Crippen LogP contribution in [0.2, 0.25) is 0 Å². The van der Waals surface area contributed by atoms with Crippen LogP contribution in [-0.2, 0) is 11.2 Å². The molecule has 1 aromatic heterocycles. The lowest BCUT2D eigenvalue weighted by Gasteiger charge is -2.20. The molecule has 2 N–H and O–H groups in total. The van der Waals surface area contributed by atoms with Gasteiger partial charge >= 0.3 is 0 Å². The maximum Gasteiger partial charge on any atom is 0.158 e. The normalized spacial score (nSPS) is 16.5. The van der Waals surface area contributed by atoms with Crippen molar-refractivity contribution in [3.63, 3.8) is 0 Å². The van der Waals surface area contributed by atoms with Gasteiger partial charge in [0, 0.05) is 12.2 Å². The summed E-state index contributed by atoms with van der Waals surface area (Å²) in [6, 6.07) is 2.27. The van der Waals surface area contributed by atoms with E-state index in [2.05, 4.69) is 18.9 Å². The van der Waals surface area contributed by atoms with Gasteiger partial charge in [0.25, 0.3) is 0 Å². The molecule has 0 amide bonds. The zero-order chi connectivity index (χ0) is 13.1. The molecule has 2 atom stereocenters. The second-order valence-electron chi connectivity index (χ2n) is 4.92. The number of nitrogens with zero attached hydrogens (tertiary/aromatic N) is 2. The molecule has 1 aromatic rings. The Bertz CT molecular complexity index is 382. The number of hydrogen-bond acceptors (Lipinski definition) is 3. The summed E-state index contributed by atoms with van der Waals surface area (Å²) >= 11 is 0. The van der Waals surface area contributed by atoms with E-state index in [-0.39, 0.29) is 5.78 Å². The predicted molar refractivity (Wildman–Crippen MR) is 68.8 cm³/mol. The van der Waals surface area contributed by atoms with Crippen LogP contribution in [0.25, 0.3) is 0 Å². The van der Waals surface area contributed by atoms with Crippen molar-refractivity contribution in [1.82, 2.24) is 9.78 Å². The first-order valence-electron chi connectivity index (χ1n) is 6.27. The van der Waals surface area contributed by atoms with Gasteiger partial charge in [0.15, 0.2) is 5.78 Å². The first kappa shape index (κ1) is 13.9. The van der Waals surface area contributed by atoms with Crippen molar-refractivity contribution in [2.24, 2.45) is 5.73 Å². The number of ketones is 1. The molecule has 0 saturated heterocycles. The zero-order valence-electron chi connectivity index (χ0n) is 11.2. The Morgan fingerprint density at radius 1 is 1.59 bits per heavy atom. The van der Waals surface area contributed by atoms with E-state index < -0.39 is 5.54 Å². The van der Waals surface area contributed by atoms with Gasteiger partial charge in [-0.15, -0.1) is 0 Å². The first-order chi connectivity index (χ1) is 7.90. The molecular formula is C13H23N3O. The van der Waals surface area contributed by atoms with Crippen molar-refractivity contribution in [3.8, 4) is 0 Å². The SMILES string of the molecule is CCC(C)n1ccc(CC(=O)C(C)(N)CC)n1. The average Bonchev–Trinajstić information content (AvgIpc) is 2.76. The minimum atomic E-state index is -0.736. The molecule has 0 aliphatic rings. The van der Waals surface area contributed by atoms with E-state index in [9.17, 15) is 4.79 Å². The Morgan fingerprint density at radius 3 is 2.76 bits per heavy atom. The molecule has 1 heterocycles. The lowest BCUT2D eigenvalue weighted by molar-refractivity contribution is -0.123. The molecule has 4 nitrogen and oxygen atoms in total. The quantitative estimate of drug-likeness (QED) is 0.824. The van der Waals surface area contributed by atoms with Gasteiger partial charge in [-0.2, -0.15) is 5.10 Å². The third-order valence-corrected chi connectivity index (χ3v) is 3.42. The van der Waals surface area contributed by atoms with E-state index in [0.717, 1.165) is 12.1 Å². The third kappa shape index (κ3) is 3.40. The van der Waals surface area contributed by atoms with Crippen LogP contribution in [0.1, 0.15) is 52.3 Å². The molecule has 0 bridgehead atoms. The molecule has 0 spiro atoms. The molecular weight excluding hydrogens is 214 g/mol. The second kappa shape index (κ2) is 5.45. The van der Waals surface area contributed by atoms with E-state index in [1.54, 1.807) is 6.92 Å². The molecule has 0 saturated carbocycles. The summed E-state index contributed by atoms with van der Waals surface area (Å²) in [4.78, 5) is 11.9. The highest BCUT2D eigenvalue weighted by Crippen LogP contribution is 2.13. The second-order valence-corrected chi connectivity index (χ2v) is 4.92. The van der Waals surface area contributed by atoms with E-state index in [4.69, 9.17) is 5.73 Å². The highest BCUT2D eigenvalue weighted by Gasteiger charge is 2.26. The van der Waals surface area contributed by atoms with E-state index >= 15 is 0 Å². The van der Waals surface area contributed by atoms with Crippen LogP contribution in [0.3, 0.4) is 0 Å².